The van der Waals surface area contributed by atoms with Gasteiger partial charge in [-0.05, 0) is 66.4 Å². The SMILES string of the molecule is COc1cc(/C=N/NC(=O)C(=O)Nc2cccc(Cl)c2C)ccc1OCc1ccccc1C. The summed E-state index contributed by atoms with van der Waals surface area (Å²) in [6, 6.07) is 18.3. The van der Waals surface area contributed by atoms with Crippen LogP contribution < -0.4 is 20.2 Å². The van der Waals surface area contributed by atoms with E-state index in [1.165, 1.54) is 6.21 Å². The van der Waals surface area contributed by atoms with Crippen LogP contribution in [0.3, 0.4) is 0 Å². The summed E-state index contributed by atoms with van der Waals surface area (Å²) in [5.74, 6) is -0.655. The van der Waals surface area contributed by atoms with Crippen molar-refractivity contribution < 1.29 is 19.1 Å². The number of nitrogens with zero attached hydrogens (tertiary/aromatic N) is 1. The molecule has 33 heavy (non-hydrogen) atoms. The molecule has 0 atom stereocenters. The zero-order chi connectivity index (χ0) is 23.8. The molecule has 3 rings (SSSR count). The van der Waals surface area contributed by atoms with E-state index in [-0.39, 0.29) is 0 Å². The summed E-state index contributed by atoms with van der Waals surface area (Å²) in [7, 11) is 1.54. The van der Waals surface area contributed by atoms with Crippen LogP contribution in [0.25, 0.3) is 0 Å². The Morgan fingerprint density at radius 1 is 1.00 bits per heavy atom. The number of hydrazone groups is 1. The molecule has 0 aliphatic rings. The highest BCUT2D eigenvalue weighted by molar-refractivity contribution is 6.40. The highest BCUT2D eigenvalue weighted by Crippen LogP contribution is 2.28. The summed E-state index contributed by atoms with van der Waals surface area (Å²) in [6.45, 7) is 4.18. The molecule has 3 aromatic carbocycles. The average molecular weight is 466 g/mol. The minimum Gasteiger partial charge on any atom is -0.493 e. The third-order valence-corrected chi connectivity index (χ3v) is 5.34. The van der Waals surface area contributed by atoms with Crippen molar-refractivity contribution in [3.8, 4) is 11.5 Å². The van der Waals surface area contributed by atoms with Gasteiger partial charge in [0.1, 0.15) is 6.61 Å². The summed E-state index contributed by atoms with van der Waals surface area (Å²) in [5.41, 5.74) is 6.21. The second-order valence-corrected chi connectivity index (χ2v) is 7.60. The fourth-order valence-electron chi connectivity index (χ4n) is 2.95. The molecule has 0 heterocycles. The number of methoxy groups -OCH3 is 1. The lowest BCUT2D eigenvalue weighted by Crippen LogP contribution is -2.32. The minimum absolute atomic E-state index is 0.410. The number of hydrogen-bond acceptors (Lipinski definition) is 5. The van der Waals surface area contributed by atoms with Gasteiger partial charge in [-0.3, -0.25) is 9.59 Å². The molecule has 0 radical (unpaired) electrons. The molecule has 0 bridgehead atoms. The first-order valence-corrected chi connectivity index (χ1v) is 10.5. The number of halogens is 1. The van der Waals surface area contributed by atoms with Crippen molar-refractivity contribution in [3.63, 3.8) is 0 Å². The number of ether oxygens (including phenoxy) is 2. The summed E-state index contributed by atoms with van der Waals surface area (Å²) >= 11 is 6.03. The first-order chi connectivity index (χ1) is 15.9. The first-order valence-electron chi connectivity index (χ1n) is 10.1. The second kappa shape index (κ2) is 11.2. The lowest BCUT2D eigenvalue weighted by Gasteiger charge is -2.12. The van der Waals surface area contributed by atoms with E-state index in [4.69, 9.17) is 21.1 Å². The fraction of sp³-hybridized carbons (Fsp3) is 0.160. The van der Waals surface area contributed by atoms with Gasteiger partial charge in [-0.1, -0.05) is 41.9 Å². The molecule has 0 aliphatic carbocycles. The Balaban J connectivity index is 1.59. The Hall–Kier alpha value is -3.84. The lowest BCUT2D eigenvalue weighted by atomic mass is 10.1. The number of carbonyl (C=O) groups is 2. The van der Waals surface area contributed by atoms with Crippen LogP contribution in [0, 0.1) is 13.8 Å². The zero-order valence-corrected chi connectivity index (χ0v) is 19.3. The summed E-state index contributed by atoms with van der Waals surface area (Å²) in [6.07, 6.45) is 1.41. The number of rotatable bonds is 7. The zero-order valence-electron chi connectivity index (χ0n) is 18.5. The number of amides is 2. The van der Waals surface area contributed by atoms with E-state index < -0.39 is 11.8 Å². The Morgan fingerprint density at radius 2 is 1.79 bits per heavy atom. The van der Waals surface area contributed by atoms with Crippen molar-refractivity contribution in [2.24, 2.45) is 5.10 Å². The van der Waals surface area contributed by atoms with Gasteiger partial charge in [-0.25, -0.2) is 5.43 Å². The summed E-state index contributed by atoms with van der Waals surface area (Å²) in [4.78, 5) is 24.1. The van der Waals surface area contributed by atoms with Crippen LogP contribution in [0.4, 0.5) is 5.69 Å². The first kappa shape index (κ1) is 23.8. The Bertz CT molecular complexity index is 1190. The molecule has 7 nitrogen and oxygen atoms in total. The van der Waals surface area contributed by atoms with Gasteiger partial charge in [0.05, 0.1) is 13.3 Å². The topological polar surface area (TPSA) is 89.0 Å². The van der Waals surface area contributed by atoms with E-state index in [1.807, 2.05) is 31.2 Å². The molecule has 0 saturated carbocycles. The minimum atomic E-state index is -0.907. The lowest BCUT2D eigenvalue weighted by molar-refractivity contribution is -0.136. The fourth-order valence-corrected chi connectivity index (χ4v) is 3.12. The van der Waals surface area contributed by atoms with E-state index >= 15 is 0 Å². The largest absolute Gasteiger partial charge is 0.493 e. The maximum atomic E-state index is 12.1. The van der Waals surface area contributed by atoms with Gasteiger partial charge in [0.2, 0.25) is 0 Å². The smallest absolute Gasteiger partial charge is 0.329 e. The quantitative estimate of drug-likeness (QED) is 0.302. The van der Waals surface area contributed by atoms with Crippen molar-refractivity contribution in [3.05, 3.63) is 87.9 Å². The van der Waals surface area contributed by atoms with Gasteiger partial charge < -0.3 is 14.8 Å². The monoisotopic (exact) mass is 465 g/mol. The molecule has 0 unspecified atom stereocenters. The maximum absolute atomic E-state index is 12.1. The molecule has 0 saturated heterocycles. The molecular weight excluding hydrogens is 442 g/mol. The molecular formula is C25H24ClN3O4. The van der Waals surface area contributed by atoms with Crippen LogP contribution in [0.15, 0.2) is 65.8 Å². The van der Waals surface area contributed by atoms with E-state index in [2.05, 4.69) is 15.8 Å². The van der Waals surface area contributed by atoms with Gasteiger partial charge in [-0.15, -0.1) is 0 Å². The van der Waals surface area contributed by atoms with Crippen molar-refractivity contribution in [2.45, 2.75) is 20.5 Å². The molecule has 8 heteroatoms. The number of aryl methyl sites for hydroxylation is 1. The number of benzene rings is 3. The van der Waals surface area contributed by atoms with E-state index in [9.17, 15) is 9.59 Å². The number of carbonyl (C=O) groups excluding carboxylic acids is 2. The highest BCUT2D eigenvalue weighted by Gasteiger charge is 2.14. The third-order valence-electron chi connectivity index (χ3n) is 4.93. The van der Waals surface area contributed by atoms with Gasteiger partial charge in [0.25, 0.3) is 0 Å². The Kier molecular flexibility index (Phi) is 8.05. The van der Waals surface area contributed by atoms with Crippen LogP contribution >= 0.6 is 11.6 Å². The summed E-state index contributed by atoms with van der Waals surface area (Å²) < 4.78 is 11.3. The van der Waals surface area contributed by atoms with E-state index in [0.29, 0.717) is 39.9 Å². The molecule has 2 N–H and O–H groups in total. The molecule has 2 amide bonds. The molecule has 0 spiro atoms. The van der Waals surface area contributed by atoms with Crippen molar-refractivity contribution in [1.29, 1.82) is 0 Å². The molecule has 170 valence electrons. The standard InChI is InChI=1S/C25H24ClN3O4/c1-16-7-4-5-8-19(16)15-33-22-12-11-18(13-23(22)32-3)14-27-29-25(31)24(30)28-21-10-6-9-20(26)17(21)2/h4-14H,15H2,1-3H3,(H,28,30)(H,29,31)/b27-14+. The van der Waals surface area contributed by atoms with Crippen LogP contribution in [-0.4, -0.2) is 25.1 Å². The van der Waals surface area contributed by atoms with Crippen molar-refractivity contribution >= 4 is 35.3 Å². The summed E-state index contributed by atoms with van der Waals surface area (Å²) in [5, 5.41) is 6.85. The number of nitrogens with one attached hydrogen (secondary N) is 2. The van der Waals surface area contributed by atoms with Crippen LogP contribution in [0.1, 0.15) is 22.3 Å². The normalized spacial score (nSPS) is 10.7. The molecule has 3 aromatic rings. The molecule has 0 aromatic heterocycles. The number of hydrogen-bond donors (Lipinski definition) is 2. The predicted octanol–water partition coefficient (Wildman–Crippen LogP) is 4.63. The predicted molar refractivity (Wildman–Crippen MR) is 129 cm³/mol. The van der Waals surface area contributed by atoms with Gasteiger partial charge >= 0.3 is 11.8 Å². The second-order valence-electron chi connectivity index (χ2n) is 7.19. The molecule has 0 aliphatic heterocycles. The van der Waals surface area contributed by atoms with Crippen LogP contribution in [0.2, 0.25) is 5.02 Å². The molecule has 0 fully saturated rings. The highest BCUT2D eigenvalue weighted by atomic mass is 35.5. The van der Waals surface area contributed by atoms with Crippen molar-refractivity contribution in [2.75, 3.05) is 12.4 Å². The van der Waals surface area contributed by atoms with Gasteiger partial charge in [0.15, 0.2) is 11.5 Å². The Morgan fingerprint density at radius 3 is 2.55 bits per heavy atom. The third kappa shape index (κ3) is 6.33. The average Bonchev–Trinajstić information content (AvgIpc) is 2.81. The van der Waals surface area contributed by atoms with E-state index in [1.54, 1.807) is 50.4 Å². The van der Waals surface area contributed by atoms with Gasteiger partial charge in [-0.2, -0.15) is 5.10 Å². The Labute approximate surface area is 197 Å². The van der Waals surface area contributed by atoms with Gasteiger partial charge in [0, 0.05) is 10.7 Å². The van der Waals surface area contributed by atoms with E-state index in [0.717, 1.165) is 11.1 Å². The maximum Gasteiger partial charge on any atom is 0.329 e. The van der Waals surface area contributed by atoms with Crippen LogP contribution in [-0.2, 0) is 16.2 Å². The number of anilines is 1. The van der Waals surface area contributed by atoms with Crippen molar-refractivity contribution in [1.82, 2.24) is 5.43 Å². The van der Waals surface area contributed by atoms with Crippen LogP contribution in [0.5, 0.6) is 11.5 Å².